The van der Waals surface area contributed by atoms with Gasteiger partial charge in [0.05, 0.1) is 0 Å². The van der Waals surface area contributed by atoms with E-state index in [2.05, 4.69) is 55.6 Å². The van der Waals surface area contributed by atoms with E-state index in [1.807, 2.05) is 90.4 Å². The van der Waals surface area contributed by atoms with Crippen LogP contribution in [0.3, 0.4) is 0 Å². The van der Waals surface area contributed by atoms with Gasteiger partial charge in [-0.05, 0) is 33.1 Å². The van der Waals surface area contributed by atoms with Gasteiger partial charge in [-0.15, -0.1) is 70.4 Å². The van der Waals surface area contributed by atoms with Gasteiger partial charge in [0.15, 0.2) is 0 Å². The maximum Gasteiger partial charge on any atom is 0.105 e. The van der Waals surface area contributed by atoms with Crippen molar-refractivity contribution >= 4 is 32.8 Å². The minimum absolute atomic E-state index is 0. The van der Waals surface area contributed by atoms with Gasteiger partial charge in [-0.25, -0.2) is 16.3 Å². The smallest absolute Gasteiger partial charge is 0.105 e. The zero-order chi connectivity index (χ0) is 25.8. The van der Waals surface area contributed by atoms with E-state index >= 15 is 0 Å². The van der Waals surface area contributed by atoms with Gasteiger partial charge >= 0.3 is 0 Å². The maximum absolute atomic E-state index is 4.32. The Morgan fingerprint density at radius 2 is 1.29 bits per heavy atom. The Labute approximate surface area is 295 Å². The summed E-state index contributed by atoms with van der Waals surface area (Å²) in [5, 5.41) is 6.31. The predicted molar refractivity (Wildman–Crippen MR) is 163 cm³/mol. The molecule has 0 fully saturated rings. The van der Waals surface area contributed by atoms with Gasteiger partial charge in [-0.1, -0.05) is 47.8 Å². The van der Waals surface area contributed by atoms with E-state index in [0.29, 0.717) is 0 Å². The van der Waals surface area contributed by atoms with Crippen molar-refractivity contribution in [1.82, 2.24) is 19.9 Å². The second-order valence-electron chi connectivity index (χ2n) is 7.79. The molecule has 5 heterocycles. The number of hydrogen-bond acceptors (Lipinski definition) is 6. The van der Waals surface area contributed by atoms with Gasteiger partial charge in [0.1, 0.15) is 6.33 Å². The van der Waals surface area contributed by atoms with Crippen LogP contribution in [0.5, 0.6) is 0 Å². The minimum Gasteiger partial charge on any atom is -0.358 e. The number of thiophene rings is 2. The molecule has 7 rings (SSSR count). The van der Waals surface area contributed by atoms with Crippen LogP contribution in [0.25, 0.3) is 43.2 Å². The first-order valence-corrected chi connectivity index (χ1v) is 13.5. The molecule has 0 aliphatic carbocycles. The van der Waals surface area contributed by atoms with Crippen LogP contribution in [0, 0.1) is 24.9 Å². The Morgan fingerprint density at radius 1 is 0.595 bits per heavy atom. The number of rotatable bonds is 3. The van der Waals surface area contributed by atoms with Crippen molar-refractivity contribution in [3.8, 4) is 33.1 Å². The zero-order valence-corrected chi connectivity index (χ0v) is 31.0. The molecule has 0 bridgehead atoms. The molecule has 3 radical (unpaired) electrons. The maximum atomic E-state index is 4.32. The van der Waals surface area contributed by atoms with E-state index in [9.17, 15) is 0 Å². The normalized spacial score (nSPS) is 9.14. The summed E-state index contributed by atoms with van der Waals surface area (Å²) in [5.74, 6) is 0. The fourth-order valence-electron chi connectivity index (χ4n) is 3.43. The summed E-state index contributed by atoms with van der Waals surface area (Å²) in [4.78, 5) is 17.6. The second kappa shape index (κ2) is 20.4. The topological polar surface area (TPSA) is 51.6 Å². The number of benzene rings is 2. The molecule has 219 valence electrons. The van der Waals surface area contributed by atoms with E-state index < -0.39 is 0 Å². The van der Waals surface area contributed by atoms with Crippen LogP contribution < -0.4 is 0 Å². The molecule has 4 nitrogen and oxygen atoms in total. The zero-order valence-electron chi connectivity index (χ0n) is 22.2. The van der Waals surface area contributed by atoms with Gasteiger partial charge in [0.2, 0.25) is 0 Å². The Balaban J connectivity index is 0.000000305. The predicted octanol–water partition coefficient (Wildman–Crippen LogP) is 8.76. The number of nitrogens with zero attached hydrogens (tertiary/aromatic N) is 4. The van der Waals surface area contributed by atoms with Gasteiger partial charge in [0, 0.05) is 84.6 Å². The number of fused-ring (bicyclic) bond motifs is 1. The van der Waals surface area contributed by atoms with E-state index in [1.54, 1.807) is 35.1 Å². The molecule has 0 amide bonds. The molecule has 0 saturated heterocycles. The largest absolute Gasteiger partial charge is 0.358 e. The van der Waals surface area contributed by atoms with Crippen LogP contribution in [-0.4, -0.2) is 19.9 Å². The molecule has 5 aromatic heterocycles. The Hall–Kier alpha value is -2.57. The average molecular weight is 1120 g/mol. The van der Waals surface area contributed by atoms with Gasteiger partial charge < -0.3 is 17.4 Å². The first-order valence-electron chi connectivity index (χ1n) is 11.8. The summed E-state index contributed by atoms with van der Waals surface area (Å²) >= 11 is 3.30. The third-order valence-electron chi connectivity index (χ3n) is 5.22. The molecule has 2 aromatic carbocycles. The Morgan fingerprint density at radius 3 is 1.88 bits per heavy atom. The standard InChI is InChI=1S/C13H8NS.C10H7N2.C9H6NS.CH3.3Ir/c1-2-7-12-10(5-1)9-13(15-12)11-6-3-4-8-14-11;1-2-4-9(5-3-1)10-6-7-11-8-12-10;1-2-5-10-9(3-1)8-4-6-11-7-8;;;;/h1-8H;1-4,6-8H;1-6H;1H3;;;/q4*-1;;;. The minimum atomic E-state index is 0. The molecule has 0 unspecified atom stereocenters. The molecule has 0 aliphatic rings. The second-order valence-corrected chi connectivity index (χ2v) is 9.55. The van der Waals surface area contributed by atoms with Gasteiger partial charge in [-0.2, -0.15) is 6.07 Å². The average Bonchev–Trinajstić information content (AvgIpc) is 3.71. The van der Waals surface area contributed by atoms with E-state index in [0.717, 1.165) is 33.1 Å². The number of pyridine rings is 2. The fourth-order valence-corrected chi connectivity index (χ4v) is 4.98. The summed E-state index contributed by atoms with van der Waals surface area (Å²) < 4.78 is 1.26. The molecule has 0 spiro atoms. The van der Waals surface area contributed by atoms with Crippen molar-refractivity contribution < 1.29 is 60.3 Å². The van der Waals surface area contributed by atoms with Crippen molar-refractivity contribution in [2.24, 2.45) is 0 Å². The third kappa shape index (κ3) is 10.9. The van der Waals surface area contributed by atoms with Crippen molar-refractivity contribution in [1.29, 1.82) is 0 Å². The van der Waals surface area contributed by atoms with E-state index in [4.69, 9.17) is 0 Å². The Kier molecular flexibility index (Phi) is 18.2. The number of aromatic nitrogens is 4. The van der Waals surface area contributed by atoms with Gasteiger partial charge in [-0.3, -0.25) is 16.3 Å². The molecule has 0 atom stereocenters. The Bertz CT molecular complexity index is 1580. The van der Waals surface area contributed by atoms with E-state index in [-0.39, 0.29) is 67.7 Å². The molecule has 42 heavy (non-hydrogen) atoms. The molecule has 0 N–H and O–H groups in total. The molecular weight excluding hydrogens is 1090 g/mol. The first kappa shape index (κ1) is 37.5. The molecule has 0 aliphatic heterocycles. The summed E-state index contributed by atoms with van der Waals surface area (Å²) in [5.41, 5.74) is 4.98. The summed E-state index contributed by atoms with van der Waals surface area (Å²) in [7, 11) is 0. The van der Waals surface area contributed by atoms with Crippen LogP contribution in [0.4, 0.5) is 0 Å². The van der Waals surface area contributed by atoms with Crippen molar-refractivity contribution in [2.45, 2.75) is 0 Å². The molecule has 7 aromatic rings. The fraction of sp³-hybridized carbons (Fsp3) is 0. The SMILES string of the molecule is [CH3-].[Ir].[Ir].[Ir].[c-]1c(-c2ccccn2)sc2ccccc12.[c-]1ccccc1-c1ccncn1.[c-]1sccc1-c1ccccn1. The van der Waals surface area contributed by atoms with Crippen LogP contribution in [0.2, 0.25) is 0 Å². The number of hydrogen-bond donors (Lipinski definition) is 0. The van der Waals surface area contributed by atoms with Crippen molar-refractivity contribution in [3.63, 3.8) is 0 Å². The molecule has 9 heteroatoms. The van der Waals surface area contributed by atoms with Gasteiger partial charge in [0.25, 0.3) is 0 Å². The van der Waals surface area contributed by atoms with Crippen LogP contribution >= 0.6 is 22.7 Å². The third-order valence-corrected chi connectivity index (χ3v) is 6.93. The van der Waals surface area contributed by atoms with E-state index in [1.165, 1.54) is 16.4 Å². The first-order chi connectivity index (χ1) is 18.9. The summed E-state index contributed by atoms with van der Waals surface area (Å²) in [6.07, 6.45) is 6.87. The van der Waals surface area contributed by atoms with Crippen molar-refractivity contribution in [2.75, 3.05) is 0 Å². The van der Waals surface area contributed by atoms with Crippen LogP contribution in [0.1, 0.15) is 0 Å². The van der Waals surface area contributed by atoms with Crippen LogP contribution in [0.15, 0.2) is 127 Å². The molecule has 0 saturated carbocycles. The molecular formula is C33H24Ir3N4S2-4. The monoisotopic (exact) mass is 1120 g/mol. The van der Waals surface area contributed by atoms with Crippen molar-refractivity contribution in [3.05, 3.63) is 152 Å². The quantitative estimate of drug-likeness (QED) is 0.166. The summed E-state index contributed by atoms with van der Waals surface area (Å²) in [6, 6.07) is 38.2. The summed E-state index contributed by atoms with van der Waals surface area (Å²) in [6.45, 7) is 0. The van der Waals surface area contributed by atoms with Crippen LogP contribution in [-0.2, 0) is 60.3 Å².